The van der Waals surface area contributed by atoms with Gasteiger partial charge in [-0.2, -0.15) is 0 Å². The number of carbonyl (C=O) groups is 1. The standard InChI is InChI=1S/C21H24N2O2/c1-3-14-8-9-18-20-21(16-6-4-5-7-17(16)22-20)11-15(23(18)12-14)10-19(21)25-13(2)24/h3-7,15,18-19H,8-12H2,1-2H3/t15-,18+,19-,21+/m1/s1. The minimum absolute atomic E-state index is 0.0861. The van der Waals surface area contributed by atoms with E-state index in [0.29, 0.717) is 12.1 Å². The molecule has 0 N–H and O–H groups in total. The fourth-order valence-electron chi connectivity index (χ4n) is 5.70. The van der Waals surface area contributed by atoms with Crippen molar-refractivity contribution >= 4 is 17.4 Å². The molecule has 2 saturated heterocycles. The molecule has 0 aromatic heterocycles. The average molecular weight is 336 g/mol. The number of aliphatic imine (C=N–C) groups is 1. The van der Waals surface area contributed by atoms with Gasteiger partial charge in [0, 0.05) is 25.9 Å². The van der Waals surface area contributed by atoms with Crippen LogP contribution in [-0.2, 0) is 14.9 Å². The lowest BCUT2D eigenvalue weighted by Gasteiger charge is -2.48. The molecule has 25 heavy (non-hydrogen) atoms. The summed E-state index contributed by atoms with van der Waals surface area (Å²) in [7, 11) is 0. The number of hydrogen-bond acceptors (Lipinski definition) is 4. The fourth-order valence-corrected chi connectivity index (χ4v) is 5.70. The van der Waals surface area contributed by atoms with Crippen molar-refractivity contribution in [2.45, 2.75) is 63.1 Å². The summed E-state index contributed by atoms with van der Waals surface area (Å²) in [6.45, 7) is 4.70. The molecule has 4 heteroatoms. The van der Waals surface area contributed by atoms with E-state index in [1.165, 1.54) is 23.8 Å². The zero-order valence-corrected chi connectivity index (χ0v) is 14.9. The topological polar surface area (TPSA) is 41.9 Å². The number of ether oxygens (including phenoxy) is 1. The molecule has 1 aromatic carbocycles. The lowest BCUT2D eigenvalue weighted by molar-refractivity contribution is -0.147. The molecule has 4 aliphatic rings. The molecule has 0 amide bonds. The first-order valence-corrected chi connectivity index (χ1v) is 9.39. The zero-order valence-electron chi connectivity index (χ0n) is 14.9. The van der Waals surface area contributed by atoms with Crippen molar-refractivity contribution in [3.8, 4) is 0 Å². The number of hydrogen-bond donors (Lipinski definition) is 0. The van der Waals surface area contributed by atoms with Crippen LogP contribution in [0.5, 0.6) is 0 Å². The maximum absolute atomic E-state index is 11.8. The number of nitrogens with zero attached hydrogens (tertiary/aromatic N) is 2. The SMILES string of the molecule is CC=C1CC[C@H]2C3=Nc4ccccc4[C@]34C[C@@H](C[C@H]4OC(C)=O)N2C1. The summed E-state index contributed by atoms with van der Waals surface area (Å²) in [6, 6.07) is 9.31. The molecule has 1 aliphatic carbocycles. The van der Waals surface area contributed by atoms with Crippen LogP contribution in [0.2, 0.25) is 0 Å². The van der Waals surface area contributed by atoms with Gasteiger partial charge in [-0.3, -0.25) is 14.7 Å². The maximum Gasteiger partial charge on any atom is 0.302 e. The molecule has 4 nitrogen and oxygen atoms in total. The van der Waals surface area contributed by atoms with E-state index in [1.807, 2.05) is 0 Å². The van der Waals surface area contributed by atoms with Gasteiger partial charge < -0.3 is 4.74 Å². The van der Waals surface area contributed by atoms with Crippen molar-refractivity contribution in [1.82, 2.24) is 4.90 Å². The molecular formula is C21H24N2O2. The number of benzene rings is 1. The van der Waals surface area contributed by atoms with Crippen LogP contribution in [0.4, 0.5) is 5.69 Å². The van der Waals surface area contributed by atoms with Gasteiger partial charge in [-0.25, -0.2) is 0 Å². The summed E-state index contributed by atoms with van der Waals surface area (Å²) in [6.07, 6.45) is 6.39. The number of esters is 1. The summed E-state index contributed by atoms with van der Waals surface area (Å²) in [4.78, 5) is 19.5. The van der Waals surface area contributed by atoms with Crippen molar-refractivity contribution in [3.63, 3.8) is 0 Å². The van der Waals surface area contributed by atoms with Crippen LogP contribution in [0.15, 0.2) is 40.9 Å². The van der Waals surface area contributed by atoms with Gasteiger partial charge in [0.2, 0.25) is 0 Å². The second kappa shape index (κ2) is 5.28. The van der Waals surface area contributed by atoms with Crippen LogP contribution in [0.25, 0.3) is 0 Å². The van der Waals surface area contributed by atoms with Gasteiger partial charge in [0.05, 0.1) is 22.9 Å². The second-order valence-corrected chi connectivity index (χ2v) is 7.85. The molecule has 4 atom stereocenters. The fraction of sp³-hybridized carbons (Fsp3) is 0.524. The van der Waals surface area contributed by atoms with Gasteiger partial charge in [-0.05, 0) is 37.8 Å². The Morgan fingerprint density at radius 3 is 3.04 bits per heavy atom. The van der Waals surface area contributed by atoms with E-state index in [-0.39, 0.29) is 17.5 Å². The Hall–Kier alpha value is -1.94. The molecule has 3 heterocycles. The van der Waals surface area contributed by atoms with Crippen LogP contribution >= 0.6 is 0 Å². The Morgan fingerprint density at radius 1 is 1.40 bits per heavy atom. The van der Waals surface area contributed by atoms with Crippen LogP contribution in [-0.4, -0.2) is 41.3 Å². The van der Waals surface area contributed by atoms with Crippen molar-refractivity contribution in [3.05, 3.63) is 41.5 Å². The van der Waals surface area contributed by atoms with Crippen molar-refractivity contribution in [2.75, 3.05) is 6.54 Å². The molecule has 0 radical (unpaired) electrons. The maximum atomic E-state index is 11.8. The molecule has 5 rings (SSSR count). The first-order chi connectivity index (χ1) is 12.1. The summed E-state index contributed by atoms with van der Waals surface area (Å²) in [5.41, 5.74) is 4.94. The highest BCUT2D eigenvalue weighted by Crippen LogP contribution is 2.57. The Balaban J connectivity index is 1.65. The Bertz CT molecular complexity index is 812. The van der Waals surface area contributed by atoms with Crippen molar-refractivity contribution in [1.29, 1.82) is 0 Å². The highest BCUT2D eigenvalue weighted by molar-refractivity contribution is 6.07. The molecule has 3 fully saturated rings. The van der Waals surface area contributed by atoms with Crippen molar-refractivity contribution < 1.29 is 9.53 Å². The Kier molecular flexibility index (Phi) is 3.23. The van der Waals surface area contributed by atoms with Crippen LogP contribution in [0.3, 0.4) is 0 Å². The minimum Gasteiger partial charge on any atom is -0.461 e. The van der Waals surface area contributed by atoms with Gasteiger partial charge in [-0.1, -0.05) is 29.8 Å². The van der Waals surface area contributed by atoms with Gasteiger partial charge in [0.25, 0.3) is 0 Å². The lowest BCUT2D eigenvalue weighted by Crippen LogP contribution is -2.59. The summed E-state index contributed by atoms with van der Waals surface area (Å²) < 4.78 is 5.88. The van der Waals surface area contributed by atoms with Gasteiger partial charge >= 0.3 is 5.97 Å². The average Bonchev–Trinajstić information content (AvgIpc) is 3.12. The quantitative estimate of drug-likeness (QED) is 0.582. The van der Waals surface area contributed by atoms with Gasteiger partial charge in [-0.15, -0.1) is 0 Å². The monoisotopic (exact) mass is 336 g/mol. The summed E-state index contributed by atoms with van der Waals surface area (Å²) in [5.74, 6) is -0.178. The molecule has 0 unspecified atom stereocenters. The number of rotatable bonds is 1. The molecule has 1 spiro atoms. The third kappa shape index (κ3) is 1.97. The number of fused-ring (bicyclic) bond motifs is 5. The van der Waals surface area contributed by atoms with Crippen LogP contribution in [0.1, 0.15) is 45.1 Å². The minimum atomic E-state index is -0.193. The highest BCUT2D eigenvalue weighted by atomic mass is 16.5. The van der Waals surface area contributed by atoms with Crippen molar-refractivity contribution in [2.24, 2.45) is 4.99 Å². The normalized spacial score (nSPS) is 37.3. The van der Waals surface area contributed by atoms with Gasteiger partial charge in [0.15, 0.2) is 0 Å². The van der Waals surface area contributed by atoms with E-state index in [9.17, 15) is 4.79 Å². The van der Waals surface area contributed by atoms with E-state index in [1.54, 1.807) is 0 Å². The van der Waals surface area contributed by atoms with E-state index in [2.05, 4.69) is 42.2 Å². The predicted octanol–water partition coefficient (Wildman–Crippen LogP) is 3.53. The van der Waals surface area contributed by atoms with Crippen LogP contribution in [0, 0.1) is 0 Å². The Labute approximate surface area is 148 Å². The van der Waals surface area contributed by atoms with E-state index < -0.39 is 0 Å². The summed E-state index contributed by atoms with van der Waals surface area (Å²) >= 11 is 0. The third-order valence-corrected chi connectivity index (χ3v) is 6.70. The van der Waals surface area contributed by atoms with Gasteiger partial charge in [0.1, 0.15) is 6.10 Å². The van der Waals surface area contributed by atoms with E-state index in [0.717, 1.165) is 37.9 Å². The number of piperidine rings is 2. The lowest BCUT2D eigenvalue weighted by atomic mass is 9.68. The smallest absolute Gasteiger partial charge is 0.302 e. The summed E-state index contributed by atoms with van der Waals surface area (Å²) in [5, 5.41) is 0. The Morgan fingerprint density at radius 2 is 2.24 bits per heavy atom. The van der Waals surface area contributed by atoms with Crippen LogP contribution < -0.4 is 0 Å². The number of carbonyl (C=O) groups excluding carboxylic acids is 1. The molecule has 3 aliphatic heterocycles. The molecule has 2 bridgehead atoms. The largest absolute Gasteiger partial charge is 0.461 e. The van der Waals surface area contributed by atoms with E-state index >= 15 is 0 Å². The second-order valence-electron chi connectivity index (χ2n) is 7.85. The number of allylic oxidation sites excluding steroid dienone is 1. The first-order valence-electron chi connectivity index (χ1n) is 9.39. The molecule has 1 aromatic rings. The molecule has 1 saturated carbocycles. The highest BCUT2D eigenvalue weighted by Gasteiger charge is 2.64. The molecule has 130 valence electrons. The third-order valence-electron chi connectivity index (χ3n) is 6.70. The first kappa shape index (κ1) is 15.3. The van der Waals surface area contributed by atoms with E-state index in [4.69, 9.17) is 9.73 Å². The number of para-hydroxylation sites is 1. The molecular weight excluding hydrogens is 312 g/mol. The predicted molar refractivity (Wildman–Crippen MR) is 97.3 cm³/mol. The zero-order chi connectivity index (χ0) is 17.2.